The van der Waals surface area contributed by atoms with Crippen LogP contribution in [0.5, 0.6) is 0 Å². The Labute approximate surface area is 154 Å². The Morgan fingerprint density at radius 1 is 1.16 bits per heavy atom. The minimum atomic E-state index is 0.0153. The van der Waals surface area contributed by atoms with E-state index >= 15 is 0 Å². The maximum atomic E-state index is 13.2. The molecule has 0 saturated carbocycles. The van der Waals surface area contributed by atoms with Crippen LogP contribution in [-0.4, -0.2) is 28.2 Å². The number of thiazole rings is 1. The van der Waals surface area contributed by atoms with Gasteiger partial charge in [-0.15, -0.1) is 23.1 Å². The summed E-state index contributed by atoms with van der Waals surface area (Å²) in [4.78, 5) is 25.6. The first kappa shape index (κ1) is 16.3. The summed E-state index contributed by atoms with van der Waals surface area (Å²) >= 11 is 3.22. The van der Waals surface area contributed by atoms with Crippen LogP contribution < -0.4 is 4.90 Å². The van der Waals surface area contributed by atoms with Crippen molar-refractivity contribution in [1.29, 1.82) is 0 Å². The van der Waals surface area contributed by atoms with Crippen molar-refractivity contribution in [2.75, 3.05) is 17.2 Å². The Kier molecular flexibility index (Phi) is 4.55. The second kappa shape index (κ2) is 6.98. The van der Waals surface area contributed by atoms with Gasteiger partial charge in [-0.2, -0.15) is 0 Å². The van der Waals surface area contributed by atoms with Gasteiger partial charge in [0.2, 0.25) is 0 Å². The molecule has 25 heavy (non-hydrogen) atoms. The number of benzene rings is 1. The second-order valence-electron chi connectivity index (χ2n) is 6.04. The van der Waals surface area contributed by atoms with E-state index in [4.69, 9.17) is 0 Å². The number of carbonyl (C=O) groups excluding carboxylic acids is 1. The summed E-state index contributed by atoms with van der Waals surface area (Å²) in [5.74, 6) is 1.47. The van der Waals surface area contributed by atoms with Gasteiger partial charge in [0.15, 0.2) is 0 Å². The topological polar surface area (TPSA) is 46.1 Å². The van der Waals surface area contributed by atoms with Gasteiger partial charge in [0.1, 0.15) is 9.88 Å². The number of rotatable bonds is 2. The van der Waals surface area contributed by atoms with Crippen LogP contribution in [0.15, 0.2) is 59.8 Å². The van der Waals surface area contributed by atoms with Crippen molar-refractivity contribution in [3.63, 3.8) is 0 Å². The first-order valence-electron chi connectivity index (χ1n) is 8.13. The van der Waals surface area contributed by atoms with Crippen LogP contribution in [-0.2, 0) is 0 Å². The minimum Gasteiger partial charge on any atom is -0.306 e. The first-order chi connectivity index (χ1) is 12.2. The van der Waals surface area contributed by atoms with Crippen molar-refractivity contribution < 1.29 is 4.79 Å². The highest BCUT2D eigenvalue weighted by Crippen LogP contribution is 2.36. The van der Waals surface area contributed by atoms with Crippen molar-refractivity contribution in [3.05, 3.63) is 59.7 Å². The third-order valence-electron chi connectivity index (χ3n) is 4.02. The highest BCUT2D eigenvalue weighted by atomic mass is 32.2. The van der Waals surface area contributed by atoms with Crippen molar-refractivity contribution in [3.8, 4) is 10.7 Å². The van der Waals surface area contributed by atoms with Gasteiger partial charge in [-0.1, -0.05) is 25.1 Å². The summed E-state index contributed by atoms with van der Waals surface area (Å²) in [6, 6.07) is 13.8. The average Bonchev–Trinajstić information content (AvgIpc) is 3.09. The molecule has 0 N–H and O–H groups in total. The van der Waals surface area contributed by atoms with Crippen molar-refractivity contribution >= 4 is 34.7 Å². The summed E-state index contributed by atoms with van der Waals surface area (Å²) in [5, 5.41) is 0.773. The molecular weight excluding hydrogens is 350 g/mol. The molecule has 0 aliphatic carbocycles. The highest BCUT2D eigenvalue weighted by molar-refractivity contribution is 7.99. The van der Waals surface area contributed by atoms with Crippen LogP contribution in [0.1, 0.15) is 16.6 Å². The van der Waals surface area contributed by atoms with Crippen LogP contribution in [0.4, 0.5) is 5.69 Å². The maximum absolute atomic E-state index is 13.2. The molecule has 4 nitrogen and oxygen atoms in total. The molecule has 2 aromatic heterocycles. The van der Waals surface area contributed by atoms with E-state index in [1.165, 1.54) is 11.3 Å². The SMILES string of the molecule is C[C@@H]1CSc2ccccc2N(C(=O)c2cnc(-c3ccccn3)s2)C1. The Bertz CT molecular complexity index is 894. The number of anilines is 1. The summed E-state index contributed by atoms with van der Waals surface area (Å²) in [6.45, 7) is 2.91. The Balaban J connectivity index is 1.68. The van der Waals surface area contributed by atoms with E-state index < -0.39 is 0 Å². The second-order valence-corrected chi connectivity index (χ2v) is 8.14. The number of pyridine rings is 1. The number of para-hydroxylation sites is 1. The molecule has 3 aromatic rings. The third-order valence-corrected chi connectivity index (χ3v) is 6.42. The summed E-state index contributed by atoms with van der Waals surface area (Å²) in [7, 11) is 0. The number of amides is 1. The van der Waals surface area contributed by atoms with Gasteiger partial charge in [0.05, 0.1) is 17.6 Å². The molecule has 1 aliphatic heterocycles. The fourth-order valence-corrected chi connectivity index (χ4v) is 4.72. The molecule has 126 valence electrons. The zero-order valence-corrected chi connectivity index (χ0v) is 15.4. The first-order valence-corrected chi connectivity index (χ1v) is 9.93. The largest absolute Gasteiger partial charge is 0.306 e. The lowest BCUT2D eigenvalue weighted by Gasteiger charge is -2.23. The van der Waals surface area contributed by atoms with Gasteiger partial charge in [-0.3, -0.25) is 9.78 Å². The Morgan fingerprint density at radius 2 is 2.00 bits per heavy atom. The predicted molar refractivity (Wildman–Crippen MR) is 103 cm³/mol. The number of thioether (sulfide) groups is 1. The maximum Gasteiger partial charge on any atom is 0.270 e. The number of fused-ring (bicyclic) bond motifs is 1. The van der Waals surface area contributed by atoms with Crippen molar-refractivity contribution in [2.45, 2.75) is 11.8 Å². The van der Waals surface area contributed by atoms with E-state index in [9.17, 15) is 4.79 Å². The molecule has 1 aliphatic rings. The van der Waals surface area contributed by atoms with E-state index in [2.05, 4.69) is 23.0 Å². The fraction of sp³-hybridized carbons (Fsp3) is 0.211. The molecule has 6 heteroatoms. The lowest BCUT2D eigenvalue weighted by Crippen LogP contribution is -2.34. The normalized spacial score (nSPS) is 17.0. The highest BCUT2D eigenvalue weighted by Gasteiger charge is 2.27. The summed E-state index contributed by atoms with van der Waals surface area (Å²) < 4.78 is 0. The molecule has 0 bridgehead atoms. The Morgan fingerprint density at radius 3 is 2.84 bits per heavy atom. The lowest BCUT2D eigenvalue weighted by molar-refractivity contribution is 0.0987. The number of hydrogen-bond donors (Lipinski definition) is 0. The van der Waals surface area contributed by atoms with Crippen LogP contribution in [0.3, 0.4) is 0 Å². The van der Waals surface area contributed by atoms with Gasteiger partial charge in [0.25, 0.3) is 5.91 Å². The number of carbonyl (C=O) groups is 1. The molecule has 0 fully saturated rings. The summed E-state index contributed by atoms with van der Waals surface area (Å²) in [6.07, 6.45) is 3.41. The molecule has 0 spiro atoms. The molecule has 0 saturated heterocycles. The van der Waals surface area contributed by atoms with Crippen molar-refractivity contribution in [1.82, 2.24) is 9.97 Å². The fourth-order valence-electron chi connectivity index (χ4n) is 2.80. The molecule has 4 rings (SSSR count). The van der Waals surface area contributed by atoms with E-state index in [-0.39, 0.29) is 5.91 Å². The van der Waals surface area contributed by atoms with Gasteiger partial charge in [-0.25, -0.2) is 4.98 Å². The van der Waals surface area contributed by atoms with E-state index in [1.54, 1.807) is 12.4 Å². The van der Waals surface area contributed by atoms with Crippen LogP contribution in [0, 0.1) is 5.92 Å². The minimum absolute atomic E-state index is 0.0153. The Hall–Kier alpha value is -2.18. The zero-order chi connectivity index (χ0) is 17.2. The third kappa shape index (κ3) is 3.32. The van der Waals surface area contributed by atoms with Crippen molar-refractivity contribution in [2.24, 2.45) is 5.92 Å². The monoisotopic (exact) mass is 367 g/mol. The number of hydrogen-bond acceptors (Lipinski definition) is 5. The molecule has 3 heterocycles. The molecule has 1 atom stereocenters. The molecule has 1 amide bonds. The molecular formula is C19H17N3OS2. The van der Waals surface area contributed by atoms with Gasteiger partial charge in [0, 0.05) is 23.4 Å². The van der Waals surface area contributed by atoms with E-state index in [0.29, 0.717) is 10.8 Å². The molecule has 0 unspecified atom stereocenters. The predicted octanol–water partition coefficient (Wildman–Crippen LogP) is 4.59. The van der Waals surface area contributed by atoms with Gasteiger partial charge >= 0.3 is 0 Å². The van der Waals surface area contributed by atoms with Gasteiger partial charge < -0.3 is 4.90 Å². The quantitative estimate of drug-likeness (QED) is 0.664. The zero-order valence-electron chi connectivity index (χ0n) is 13.8. The van der Waals surface area contributed by atoms with Crippen LogP contribution >= 0.6 is 23.1 Å². The van der Waals surface area contributed by atoms with Gasteiger partial charge in [-0.05, 0) is 30.2 Å². The standard InChI is InChI=1S/C19H17N3OS2/c1-13-11-22(15-7-2-3-8-16(15)24-12-13)19(23)17-10-21-18(25-17)14-6-4-5-9-20-14/h2-10,13H,11-12H2,1H3/t13-/m0/s1. The molecule has 0 radical (unpaired) electrons. The average molecular weight is 367 g/mol. The van der Waals surface area contributed by atoms with Crippen LogP contribution in [0.2, 0.25) is 0 Å². The van der Waals surface area contributed by atoms with E-state index in [0.717, 1.165) is 33.6 Å². The smallest absolute Gasteiger partial charge is 0.270 e. The van der Waals surface area contributed by atoms with E-state index in [1.807, 2.05) is 53.1 Å². The lowest BCUT2D eigenvalue weighted by atomic mass is 10.2. The number of nitrogens with zero attached hydrogens (tertiary/aromatic N) is 3. The van der Waals surface area contributed by atoms with Crippen LogP contribution in [0.25, 0.3) is 10.7 Å². The molecule has 1 aromatic carbocycles. The number of aromatic nitrogens is 2. The summed E-state index contributed by atoms with van der Waals surface area (Å²) in [5.41, 5.74) is 1.79.